The third-order valence-corrected chi connectivity index (χ3v) is 6.21. The number of aryl methyl sites for hydroxylation is 2. The van der Waals surface area contributed by atoms with E-state index in [9.17, 15) is 0 Å². The number of methoxy groups -OCH3 is 2. The molecule has 33 heavy (non-hydrogen) atoms. The molecule has 0 atom stereocenters. The van der Waals surface area contributed by atoms with Crippen LogP contribution in [0.3, 0.4) is 0 Å². The van der Waals surface area contributed by atoms with E-state index in [0.29, 0.717) is 11.5 Å². The van der Waals surface area contributed by atoms with Crippen molar-refractivity contribution in [3.05, 3.63) is 59.9 Å². The molecule has 0 saturated carbocycles. The van der Waals surface area contributed by atoms with Crippen molar-refractivity contribution >= 4 is 18.1 Å². The minimum atomic E-state index is 0. The highest BCUT2D eigenvalue weighted by Crippen LogP contribution is 2.32. The molecule has 1 aliphatic heterocycles. The van der Waals surface area contributed by atoms with E-state index in [1.165, 1.54) is 11.3 Å². The molecule has 0 amide bonds. The molecule has 3 aromatic rings. The maximum atomic E-state index is 5.57. The lowest BCUT2D eigenvalue weighted by Crippen LogP contribution is -2.46. The van der Waals surface area contributed by atoms with Crippen LogP contribution in [0.5, 0.6) is 11.5 Å². The number of rotatable bonds is 9. The van der Waals surface area contributed by atoms with E-state index in [1.807, 2.05) is 24.3 Å². The molecule has 0 radical (unpaired) electrons. The third-order valence-electron chi connectivity index (χ3n) is 6.21. The number of nitrogens with zero attached hydrogens (tertiary/aromatic N) is 3. The Morgan fingerprint density at radius 3 is 2.39 bits per heavy atom. The maximum Gasteiger partial charge on any atom is 0.161 e. The van der Waals surface area contributed by atoms with E-state index < -0.39 is 0 Å². The van der Waals surface area contributed by atoms with E-state index in [0.717, 1.165) is 69.0 Å². The minimum absolute atomic E-state index is 0. The molecule has 2 heterocycles. The summed E-state index contributed by atoms with van der Waals surface area (Å²) in [7, 11) is 3.27. The number of halogens is 1. The van der Waals surface area contributed by atoms with Gasteiger partial charge in [-0.15, -0.1) is 12.4 Å². The quantitative estimate of drug-likeness (QED) is 0.398. The van der Waals surface area contributed by atoms with Crippen molar-refractivity contribution < 1.29 is 14.0 Å². The summed E-state index contributed by atoms with van der Waals surface area (Å²) >= 11 is 0. The molecule has 7 heteroatoms. The molecular formula is C26H34ClN3O3. The van der Waals surface area contributed by atoms with Crippen LogP contribution in [0.25, 0.3) is 11.3 Å². The molecule has 1 saturated heterocycles. The van der Waals surface area contributed by atoms with E-state index in [-0.39, 0.29) is 12.4 Å². The summed E-state index contributed by atoms with van der Waals surface area (Å²) in [5.74, 6) is 2.33. The Labute approximate surface area is 202 Å². The fourth-order valence-corrected chi connectivity index (χ4v) is 4.33. The average Bonchev–Trinajstić information content (AvgIpc) is 3.31. The second-order valence-corrected chi connectivity index (χ2v) is 8.32. The second-order valence-electron chi connectivity index (χ2n) is 8.32. The van der Waals surface area contributed by atoms with E-state index in [2.05, 4.69) is 46.1 Å². The SMILES string of the molecule is COc1ccc(-c2cc(CCCCN3CCN(c4ccccc4C)CC3)on2)cc1OC.Cl. The zero-order valence-corrected chi connectivity index (χ0v) is 20.6. The number of ether oxygens (including phenoxy) is 2. The molecule has 6 nitrogen and oxygen atoms in total. The molecule has 0 N–H and O–H groups in total. The summed E-state index contributed by atoms with van der Waals surface area (Å²) in [5, 5.41) is 4.24. The normalized spacial score (nSPS) is 14.1. The van der Waals surface area contributed by atoms with Gasteiger partial charge in [0.2, 0.25) is 0 Å². The summed E-state index contributed by atoms with van der Waals surface area (Å²) in [6.45, 7) is 7.78. The molecule has 0 spiro atoms. The van der Waals surface area contributed by atoms with Crippen molar-refractivity contribution in [1.29, 1.82) is 0 Å². The van der Waals surface area contributed by atoms with Gasteiger partial charge >= 0.3 is 0 Å². The largest absolute Gasteiger partial charge is 0.493 e. The monoisotopic (exact) mass is 471 g/mol. The number of piperazine rings is 1. The van der Waals surface area contributed by atoms with Crippen LogP contribution in [0, 0.1) is 6.92 Å². The minimum Gasteiger partial charge on any atom is -0.493 e. The standard InChI is InChI=1S/C26H33N3O3.ClH/c1-20-8-4-5-10-24(20)29-16-14-28(15-17-29)13-7-6-9-22-19-23(27-32-22)21-11-12-25(30-2)26(18-21)31-3;/h4-5,8,10-12,18-19H,6-7,9,13-17H2,1-3H3;1H. The van der Waals surface area contributed by atoms with Gasteiger partial charge in [-0.2, -0.15) is 0 Å². The molecule has 4 rings (SSSR count). The molecule has 0 bridgehead atoms. The predicted octanol–water partition coefficient (Wildman–Crippen LogP) is 5.23. The summed E-state index contributed by atoms with van der Waals surface area (Å²) in [5.41, 5.74) is 4.53. The van der Waals surface area contributed by atoms with Gasteiger partial charge in [-0.3, -0.25) is 4.90 Å². The fraction of sp³-hybridized carbons (Fsp3) is 0.423. The maximum absolute atomic E-state index is 5.57. The number of anilines is 1. The molecule has 0 aliphatic carbocycles. The Hall–Kier alpha value is -2.70. The van der Waals surface area contributed by atoms with Crippen molar-refractivity contribution in [3.63, 3.8) is 0 Å². The van der Waals surface area contributed by atoms with Crippen molar-refractivity contribution in [2.75, 3.05) is 51.8 Å². The van der Waals surface area contributed by atoms with Crippen LogP contribution in [0.4, 0.5) is 5.69 Å². The molecule has 1 aromatic heterocycles. The summed E-state index contributed by atoms with van der Waals surface area (Å²) in [6.07, 6.45) is 3.17. The predicted molar refractivity (Wildman–Crippen MR) is 135 cm³/mol. The highest BCUT2D eigenvalue weighted by molar-refractivity contribution is 5.85. The zero-order valence-electron chi connectivity index (χ0n) is 19.8. The Balaban J connectivity index is 0.00000306. The van der Waals surface area contributed by atoms with Gasteiger partial charge in [0.1, 0.15) is 11.5 Å². The average molecular weight is 472 g/mol. The Kier molecular flexibility index (Phi) is 9.03. The first kappa shape index (κ1) is 24.9. The summed E-state index contributed by atoms with van der Waals surface area (Å²) in [6, 6.07) is 16.5. The molecular weight excluding hydrogens is 438 g/mol. The highest BCUT2D eigenvalue weighted by Gasteiger charge is 2.18. The number of aromatic nitrogens is 1. The molecule has 2 aromatic carbocycles. The van der Waals surface area contributed by atoms with Crippen molar-refractivity contribution in [3.8, 4) is 22.8 Å². The van der Waals surface area contributed by atoms with Crippen molar-refractivity contribution in [2.45, 2.75) is 26.2 Å². The van der Waals surface area contributed by atoms with Crippen LogP contribution < -0.4 is 14.4 Å². The van der Waals surface area contributed by atoms with Gasteiger partial charge in [-0.05, 0) is 56.1 Å². The van der Waals surface area contributed by atoms with Gasteiger partial charge in [0.15, 0.2) is 11.5 Å². The Morgan fingerprint density at radius 1 is 0.909 bits per heavy atom. The van der Waals surface area contributed by atoms with Crippen LogP contribution >= 0.6 is 12.4 Å². The summed E-state index contributed by atoms with van der Waals surface area (Å²) in [4.78, 5) is 5.08. The van der Waals surface area contributed by atoms with Crippen LogP contribution in [-0.2, 0) is 6.42 Å². The van der Waals surface area contributed by atoms with Gasteiger partial charge in [0.25, 0.3) is 0 Å². The highest BCUT2D eigenvalue weighted by atomic mass is 35.5. The van der Waals surface area contributed by atoms with Gasteiger partial charge in [0, 0.05) is 49.9 Å². The lowest BCUT2D eigenvalue weighted by molar-refractivity contribution is 0.251. The van der Waals surface area contributed by atoms with Crippen molar-refractivity contribution in [1.82, 2.24) is 10.1 Å². The topological polar surface area (TPSA) is 51.0 Å². The molecule has 1 fully saturated rings. The number of unbranched alkanes of at least 4 members (excludes halogenated alkanes) is 1. The smallest absolute Gasteiger partial charge is 0.161 e. The number of hydrogen-bond acceptors (Lipinski definition) is 6. The number of benzene rings is 2. The van der Waals surface area contributed by atoms with Crippen LogP contribution in [0.2, 0.25) is 0 Å². The molecule has 0 unspecified atom stereocenters. The van der Waals surface area contributed by atoms with Gasteiger partial charge in [-0.1, -0.05) is 23.4 Å². The molecule has 1 aliphatic rings. The van der Waals surface area contributed by atoms with E-state index in [4.69, 9.17) is 14.0 Å². The van der Waals surface area contributed by atoms with Gasteiger partial charge < -0.3 is 18.9 Å². The zero-order chi connectivity index (χ0) is 22.3. The number of hydrogen-bond donors (Lipinski definition) is 0. The fourth-order valence-electron chi connectivity index (χ4n) is 4.33. The van der Waals surface area contributed by atoms with E-state index in [1.54, 1.807) is 14.2 Å². The van der Waals surface area contributed by atoms with Gasteiger partial charge in [0.05, 0.1) is 14.2 Å². The first-order chi connectivity index (χ1) is 15.7. The van der Waals surface area contributed by atoms with Crippen molar-refractivity contribution in [2.24, 2.45) is 0 Å². The van der Waals surface area contributed by atoms with Gasteiger partial charge in [-0.25, -0.2) is 0 Å². The summed E-state index contributed by atoms with van der Waals surface area (Å²) < 4.78 is 16.3. The lowest BCUT2D eigenvalue weighted by Gasteiger charge is -2.36. The second kappa shape index (κ2) is 12.0. The Bertz CT molecular complexity index is 1020. The third kappa shape index (κ3) is 6.21. The lowest BCUT2D eigenvalue weighted by atomic mass is 10.1. The first-order valence-corrected chi connectivity index (χ1v) is 11.4. The Morgan fingerprint density at radius 2 is 1.67 bits per heavy atom. The first-order valence-electron chi connectivity index (χ1n) is 11.4. The van der Waals surface area contributed by atoms with Crippen LogP contribution in [0.1, 0.15) is 24.2 Å². The van der Waals surface area contributed by atoms with E-state index >= 15 is 0 Å². The van der Waals surface area contributed by atoms with Crippen LogP contribution in [0.15, 0.2) is 53.1 Å². The molecule has 178 valence electrons. The van der Waals surface area contributed by atoms with Crippen LogP contribution in [-0.4, -0.2) is 57.0 Å². The number of para-hydroxylation sites is 1.